The van der Waals surface area contributed by atoms with Gasteiger partial charge in [0.1, 0.15) is 0 Å². The second-order valence-electron chi connectivity index (χ2n) is 5.36. The summed E-state index contributed by atoms with van der Waals surface area (Å²) in [6, 6.07) is 2.08. The van der Waals surface area contributed by atoms with Gasteiger partial charge in [-0.25, -0.2) is 0 Å². The Kier molecular flexibility index (Phi) is 2.65. The molecule has 1 saturated heterocycles. The molecule has 0 N–H and O–H groups in total. The van der Waals surface area contributed by atoms with E-state index < -0.39 is 0 Å². The lowest BCUT2D eigenvalue weighted by molar-refractivity contribution is 0.372. The van der Waals surface area contributed by atoms with Gasteiger partial charge in [0.05, 0.1) is 10.9 Å². The number of hydrogen-bond acceptors (Lipinski definition) is 5. The predicted molar refractivity (Wildman–Crippen MR) is 72.0 cm³/mol. The van der Waals surface area contributed by atoms with E-state index >= 15 is 0 Å². The minimum absolute atomic E-state index is 0.377. The maximum Gasteiger partial charge on any atom is 0.230 e. The highest BCUT2D eigenvalue weighted by Gasteiger charge is 2.45. The molecular formula is C13H16N4OS. The lowest BCUT2D eigenvalue weighted by Crippen LogP contribution is -1.93. The zero-order valence-corrected chi connectivity index (χ0v) is 11.6. The molecule has 3 atom stereocenters. The van der Waals surface area contributed by atoms with E-state index in [1.165, 1.54) is 18.6 Å². The summed E-state index contributed by atoms with van der Waals surface area (Å²) in [7, 11) is 1.95. The molecule has 1 aliphatic heterocycles. The lowest BCUT2D eigenvalue weighted by atomic mass is 10.2. The SMILES string of the molecule is Cn1ccc([C@@H]2C[C@H]2c2nc(C3CCCS3)no2)n1. The van der Waals surface area contributed by atoms with Gasteiger partial charge in [-0.05, 0) is 31.1 Å². The van der Waals surface area contributed by atoms with Gasteiger partial charge in [-0.1, -0.05) is 5.16 Å². The molecule has 0 radical (unpaired) electrons. The lowest BCUT2D eigenvalue weighted by Gasteiger charge is -1.98. The Morgan fingerprint density at radius 2 is 2.37 bits per heavy atom. The second-order valence-corrected chi connectivity index (χ2v) is 6.67. The fourth-order valence-corrected chi connectivity index (χ4v) is 3.93. The molecule has 1 unspecified atom stereocenters. The fourth-order valence-electron chi connectivity index (χ4n) is 2.74. The van der Waals surface area contributed by atoms with Crippen molar-refractivity contribution >= 4 is 11.8 Å². The summed E-state index contributed by atoms with van der Waals surface area (Å²) in [4.78, 5) is 4.60. The van der Waals surface area contributed by atoms with Crippen molar-refractivity contribution in [1.29, 1.82) is 0 Å². The van der Waals surface area contributed by atoms with Crippen LogP contribution in [0.5, 0.6) is 0 Å². The first-order valence-corrected chi connectivity index (χ1v) is 7.81. The van der Waals surface area contributed by atoms with E-state index in [-0.39, 0.29) is 0 Å². The molecule has 1 aliphatic carbocycles. The summed E-state index contributed by atoms with van der Waals surface area (Å²) in [5.41, 5.74) is 1.14. The first-order chi connectivity index (χ1) is 9.31. The van der Waals surface area contributed by atoms with Crippen molar-refractivity contribution in [3.8, 4) is 0 Å². The summed E-state index contributed by atoms with van der Waals surface area (Å²) in [5.74, 6) is 3.75. The molecule has 2 aromatic heterocycles. The van der Waals surface area contributed by atoms with Gasteiger partial charge in [-0.2, -0.15) is 21.8 Å². The van der Waals surface area contributed by atoms with E-state index in [4.69, 9.17) is 4.52 Å². The topological polar surface area (TPSA) is 56.7 Å². The largest absolute Gasteiger partial charge is 0.339 e. The monoisotopic (exact) mass is 276 g/mol. The molecule has 0 spiro atoms. The molecule has 2 aromatic rings. The Bertz CT molecular complexity index is 587. The Morgan fingerprint density at radius 3 is 3.11 bits per heavy atom. The minimum Gasteiger partial charge on any atom is -0.339 e. The van der Waals surface area contributed by atoms with Crippen molar-refractivity contribution in [2.45, 2.75) is 36.3 Å². The molecule has 4 rings (SSSR count). The van der Waals surface area contributed by atoms with Crippen LogP contribution in [0.2, 0.25) is 0 Å². The van der Waals surface area contributed by atoms with Crippen LogP contribution in [0, 0.1) is 0 Å². The predicted octanol–water partition coefficient (Wildman–Crippen LogP) is 2.64. The first-order valence-electron chi connectivity index (χ1n) is 6.76. The molecule has 100 valence electrons. The number of hydrogen-bond donors (Lipinski definition) is 0. The van der Waals surface area contributed by atoms with Crippen LogP contribution < -0.4 is 0 Å². The number of nitrogens with zero attached hydrogens (tertiary/aromatic N) is 4. The third-order valence-electron chi connectivity index (χ3n) is 3.90. The average molecular weight is 276 g/mol. The van der Waals surface area contributed by atoms with Crippen molar-refractivity contribution in [3.05, 3.63) is 29.7 Å². The van der Waals surface area contributed by atoms with Crippen LogP contribution >= 0.6 is 11.8 Å². The van der Waals surface area contributed by atoms with Gasteiger partial charge < -0.3 is 4.52 Å². The van der Waals surface area contributed by atoms with Crippen LogP contribution in [0.1, 0.15) is 53.8 Å². The highest BCUT2D eigenvalue weighted by Crippen LogP contribution is 2.53. The number of thioether (sulfide) groups is 1. The molecule has 2 fully saturated rings. The van der Waals surface area contributed by atoms with Gasteiger partial charge in [0.15, 0.2) is 5.82 Å². The van der Waals surface area contributed by atoms with E-state index in [0.29, 0.717) is 17.1 Å². The van der Waals surface area contributed by atoms with Crippen LogP contribution in [0.15, 0.2) is 16.8 Å². The maximum absolute atomic E-state index is 5.45. The molecule has 0 amide bonds. The normalized spacial score (nSPS) is 29.8. The highest BCUT2D eigenvalue weighted by molar-refractivity contribution is 7.99. The highest BCUT2D eigenvalue weighted by atomic mass is 32.2. The smallest absolute Gasteiger partial charge is 0.230 e. The fraction of sp³-hybridized carbons (Fsp3) is 0.615. The van der Waals surface area contributed by atoms with Crippen LogP contribution in [-0.2, 0) is 7.05 Å². The van der Waals surface area contributed by atoms with Gasteiger partial charge in [0.25, 0.3) is 0 Å². The van der Waals surface area contributed by atoms with Crippen molar-refractivity contribution in [3.63, 3.8) is 0 Å². The summed E-state index contributed by atoms with van der Waals surface area (Å²) < 4.78 is 7.30. The van der Waals surface area contributed by atoms with Gasteiger partial charge in [-0.3, -0.25) is 4.68 Å². The van der Waals surface area contributed by atoms with Gasteiger partial charge in [-0.15, -0.1) is 0 Å². The third kappa shape index (κ3) is 2.08. The van der Waals surface area contributed by atoms with Crippen LogP contribution in [0.25, 0.3) is 0 Å². The molecule has 6 heteroatoms. The van der Waals surface area contributed by atoms with Crippen molar-refractivity contribution in [2.24, 2.45) is 7.05 Å². The van der Waals surface area contributed by atoms with Gasteiger partial charge >= 0.3 is 0 Å². The van der Waals surface area contributed by atoms with Crippen LogP contribution in [0.3, 0.4) is 0 Å². The molecule has 5 nitrogen and oxygen atoms in total. The standard InChI is InChI=1S/C13H16N4OS/c1-17-5-4-10(15-17)8-7-9(8)13-14-12(16-18-13)11-3-2-6-19-11/h4-5,8-9,11H,2-3,6-7H2,1H3/t8-,9-,11?/m1/s1. The van der Waals surface area contributed by atoms with E-state index in [0.717, 1.165) is 23.8 Å². The van der Waals surface area contributed by atoms with Gasteiger partial charge in [0, 0.05) is 25.1 Å². The summed E-state index contributed by atoms with van der Waals surface area (Å²) >= 11 is 1.94. The second kappa shape index (κ2) is 4.37. The van der Waals surface area contributed by atoms with Crippen LogP contribution in [-0.4, -0.2) is 25.7 Å². The Morgan fingerprint density at radius 1 is 1.42 bits per heavy atom. The summed E-state index contributed by atoms with van der Waals surface area (Å²) in [6.07, 6.45) is 5.51. The van der Waals surface area contributed by atoms with E-state index in [9.17, 15) is 0 Å². The Hall–Kier alpha value is -1.30. The maximum atomic E-state index is 5.45. The average Bonchev–Trinajstić information content (AvgIpc) is 2.86. The van der Waals surface area contributed by atoms with Gasteiger partial charge in [0.2, 0.25) is 5.89 Å². The molecule has 0 bridgehead atoms. The Labute approximate surface area is 115 Å². The molecule has 2 aliphatic rings. The molecule has 1 saturated carbocycles. The zero-order valence-electron chi connectivity index (χ0n) is 10.8. The van der Waals surface area contributed by atoms with E-state index in [1.54, 1.807) is 0 Å². The number of aryl methyl sites for hydroxylation is 1. The minimum atomic E-state index is 0.377. The van der Waals surface area contributed by atoms with Crippen molar-refractivity contribution in [1.82, 2.24) is 19.9 Å². The molecule has 0 aromatic carbocycles. The number of rotatable bonds is 3. The Balaban J connectivity index is 1.49. The third-order valence-corrected chi connectivity index (χ3v) is 5.27. The van der Waals surface area contributed by atoms with Crippen molar-refractivity contribution in [2.75, 3.05) is 5.75 Å². The van der Waals surface area contributed by atoms with E-state index in [2.05, 4.69) is 21.3 Å². The summed E-state index contributed by atoms with van der Waals surface area (Å²) in [5, 5.41) is 9.06. The van der Waals surface area contributed by atoms with Crippen molar-refractivity contribution < 1.29 is 4.52 Å². The van der Waals surface area contributed by atoms with E-state index in [1.807, 2.05) is 29.7 Å². The number of aromatic nitrogens is 4. The van der Waals surface area contributed by atoms with Crippen LogP contribution in [0.4, 0.5) is 0 Å². The zero-order chi connectivity index (χ0) is 12.8. The quantitative estimate of drug-likeness (QED) is 0.862. The molecule has 3 heterocycles. The molecule has 19 heavy (non-hydrogen) atoms. The summed E-state index contributed by atoms with van der Waals surface area (Å²) in [6.45, 7) is 0. The first kappa shape index (κ1) is 11.5. The molecular weight excluding hydrogens is 260 g/mol.